The van der Waals surface area contributed by atoms with Crippen molar-refractivity contribution in [2.24, 2.45) is 0 Å². The normalized spacial score (nSPS) is 13.0. The van der Waals surface area contributed by atoms with Gasteiger partial charge in [0, 0.05) is 12.4 Å². The fourth-order valence-corrected chi connectivity index (χ4v) is 0.860. The van der Waals surface area contributed by atoms with Crippen LogP contribution in [0.5, 0.6) is 0 Å². The van der Waals surface area contributed by atoms with Gasteiger partial charge >= 0.3 is 0 Å². The Hall–Kier alpha value is -0.890. The van der Waals surface area contributed by atoms with Gasteiger partial charge < -0.3 is 5.11 Å². The summed E-state index contributed by atoms with van der Waals surface area (Å²) < 4.78 is 0. The van der Waals surface area contributed by atoms with Gasteiger partial charge in [0.1, 0.15) is 0 Å². The van der Waals surface area contributed by atoms with Gasteiger partial charge in [0.15, 0.2) is 0 Å². The molecule has 1 atom stereocenters. The molecule has 0 amide bonds. The maximum absolute atomic E-state index is 8.99. The van der Waals surface area contributed by atoms with E-state index in [1.807, 2.05) is 12.1 Å². The summed E-state index contributed by atoms with van der Waals surface area (Å²) in [6.07, 6.45) is 3.92. The fourth-order valence-electron chi connectivity index (χ4n) is 0.860. The van der Waals surface area contributed by atoms with Crippen molar-refractivity contribution in [3.63, 3.8) is 0 Å². The van der Waals surface area contributed by atoms with Crippen LogP contribution in [0.25, 0.3) is 0 Å². The van der Waals surface area contributed by atoms with Gasteiger partial charge in [-0.2, -0.15) is 0 Å². The lowest BCUT2D eigenvalue weighted by molar-refractivity contribution is 0.195. The molecular formula is C8H11NO. The van der Waals surface area contributed by atoms with E-state index in [2.05, 4.69) is 4.98 Å². The van der Waals surface area contributed by atoms with Gasteiger partial charge in [-0.3, -0.25) is 4.98 Å². The molecule has 0 saturated carbocycles. The Morgan fingerprint density at radius 1 is 1.50 bits per heavy atom. The van der Waals surface area contributed by atoms with Gasteiger partial charge in [-0.25, -0.2) is 0 Å². The molecule has 1 heterocycles. The molecule has 0 spiro atoms. The van der Waals surface area contributed by atoms with Crippen LogP contribution in [0, 0.1) is 0 Å². The van der Waals surface area contributed by atoms with Crippen LogP contribution in [0.1, 0.15) is 12.5 Å². The molecule has 0 aliphatic heterocycles. The number of rotatable bonds is 2. The van der Waals surface area contributed by atoms with E-state index in [1.54, 1.807) is 19.3 Å². The Morgan fingerprint density at radius 3 is 2.60 bits per heavy atom. The van der Waals surface area contributed by atoms with Crippen LogP contribution in [0.15, 0.2) is 24.5 Å². The van der Waals surface area contributed by atoms with E-state index >= 15 is 0 Å². The first-order chi connectivity index (χ1) is 4.79. The van der Waals surface area contributed by atoms with Gasteiger partial charge in [0.2, 0.25) is 0 Å². The van der Waals surface area contributed by atoms with Crippen LogP contribution in [-0.4, -0.2) is 16.2 Å². The lowest BCUT2D eigenvalue weighted by atomic mass is 10.1. The van der Waals surface area contributed by atoms with Crippen LogP contribution in [-0.2, 0) is 6.42 Å². The Balaban J connectivity index is 2.59. The minimum absolute atomic E-state index is 0.262. The molecule has 0 unspecified atom stereocenters. The second kappa shape index (κ2) is 3.32. The number of nitrogens with zero attached hydrogens (tertiary/aromatic N) is 1. The Morgan fingerprint density at radius 2 is 2.10 bits per heavy atom. The van der Waals surface area contributed by atoms with E-state index in [0.29, 0.717) is 6.42 Å². The largest absolute Gasteiger partial charge is 0.393 e. The third-order valence-electron chi connectivity index (χ3n) is 1.28. The molecule has 1 aromatic heterocycles. The summed E-state index contributed by atoms with van der Waals surface area (Å²) in [4.78, 5) is 3.87. The third-order valence-corrected chi connectivity index (χ3v) is 1.28. The predicted octanol–water partition coefficient (Wildman–Crippen LogP) is 1.00. The SMILES string of the molecule is C[C@H](O)Cc1ccncc1. The highest BCUT2D eigenvalue weighted by molar-refractivity contribution is 5.10. The summed E-state index contributed by atoms with van der Waals surface area (Å²) in [7, 11) is 0. The zero-order chi connectivity index (χ0) is 7.40. The monoisotopic (exact) mass is 137 g/mol. The minimum Gasteiger partial charge on any atom is -0.393 e. The highest BCUT2D eigenvalue weighted by atomic mass is 16.3. The predicted molar refractivity (Wildman–Crippen MR) is 39.6 cm³/mol. The van der Waals surface area contributed by atoms with Gasteiger partial charge in [-0.1, -0.05) is 0 Å². The summed E-state index contributed by atoms with van der Waals surface area (Å²) in [5.41, 5.74) is 1.13. The Kier molecular flexibility index (Phi) is 2.40. The molecule has 0 aliphatic carbocycles. The fraction of sp³-hybridized carbons (Fsp3) is 0.375. The van der Waals surface area contributed by atoms with E-state index < -0.39 is 0 Å². The van der Waals surface area contributed by atoms with Crippen LogP contribution < -0.4 is 0 Å². The van der Waals surface area contributed by atoms with E-state index in [0.717, 1.165) is 5.56 Å². The van der Waals surface area contributed by atoms with Gasteiger partial charge in [0.25, 0.3) is 0 Å². The smallest absolute Gasteiger partial charge is 0.0552 e. The maximum Gasteiger partial charge on any atom is 0.0552 e. The molecule has 2 nitrogen and oxygen atoms in total. The molecule has 0 radical (unpaired) electrons. The minimum atomic E-state index is -0.262. The number of hydrogen-bond donors (Lipinski definition) is 1. The molecule has 54 valence electrons. The van der Waals surface area contributed by atoms with E-state index in [1.165, 1.54) is 0 Å². The molecule has 1 aromatic rings. The van der Waals surface area contributed by atoms with E-state index in [-0.39, 0.29) is 6.10 Å². The lowest BCUT2D eigenvalue weighted by Crippen LogP contribution is -2.03. The summed E-state index contributed by atoms with van der Waals surface area (Å²) in [6, 6.07) is 3.82. The van der Waals surface area contributed by atoms with Gasteiger partial charge in [0.05, 0.1) is 6.10 Å². The molecule has 1 rings (SSSR count). The molecular weight excluding hydrogens is 126 g/mol. The maximum atomic E-state index is 8.99. The summed E-state index contributed by atoms with van der Waals surface area (Å²) in [6.45, 7) is 1.78. The van der Waals surface area contributed by atoms with Crippen LogP contribution >= 0.6 is 0 Å². The molecule has 1 N–H and O–H groups in total. The molecule has 0 bridgehead atoms. The topological polar surface area (TPSA) is 33.1 Å². The first-order valence-corrected chi connectivity index (χ1v) is 3.36. The highest BCUT2D eigenvalue weighted by Crippen LogP contribution is 1.99. The third kappa shape index (κ3) is 2.15. The standard InChI is InChI=1S/C8H11NO/c1-7(10)6-8-2-4-9-5-3-8/h2-5,7,10H,6H2,1H3/t7-/m0/s1. The summed E-state index contributed by atoms with van der Waals surface area (Å²) >= 11 is 0. The van der Waals surface area contributed by atoms with E-state index in [9.17, 15) is 0 Å². The zero-order valence-corrected chi connectivity index (χ0v) is 5.99. The van der Waals surface area contributed by atoms with Crippen molar-refractivity contribution in [2.45, 2.75) is 19.4 Å². The van der Waals surface area contributed by atoms with Crippen molar-refractivity contribution in [3.05, 3.63) is 30.1 Å². The van der Waals surface area contributed by atoms with Crippen LogP contribution in [0.2, 0.25) is 0 Å². The van der Waals surface area contributed by atoms with Crippen molar-refractivity contribution >= 4 is 0 Å². The van der Waals surface area contributed by atoms with Crippen molar-refractivity contribution < 1.29 is 5.11 Å². The number of aromatic nitrogens is 1. The number of pyridine rings is 1. The average molecular weight is 137 g/mol. The van der Waals surface area contributed by atoms with Crippen molar-refractivity contribution in [3.8, 4) is 0 Å². The molecule has 10 heavy (non-hydrogen) atoms. The molecule has 2 heteroatoms. The number of hydrogen-bond acceptors (Lipinski definition) is 2. The average Bonchev–Trinajstić information content (AvgIpc) is 1.88. The molecule has 0 aromatic carbocycles. The Bertz CT molecular complexity index is 184. The second-order valence-corrected chi connectivity index (χ2v) is 2.41. The van der Waals surface area contributed by atoms with Crippen molar-refractivity contribution in [1.29, 1.82) is 0 Å². The van der Waals surface area contributed by atoms with Gasteiger partial charge in [-0.15, -0.1) is 0 Å². The lowest BCUT2D eigenvalue weighted by Gasteiger charge is -2.01. The quantitative estimate of drug-likeness (QED) is 0.659. The number of aliphatic hydroxyl groups excluding tert-OH is 1. The zero-order valence-electron chi connectivity index (χ0n) is 5.99. The second-order valence-electron chi connectivity index (χ2n) is 2.41. The van der Waals surface area contributed by atoms with Crippen LogP contribution in [0.3, 0.4) is 0 Å². The molecule has 0 aliphatic rings. The van der Waals surface area contributed by atoms with E-state index in [4.69, 9.17) is 5.11 Å². The first-order valence-electron chi connectivity index (χ1n) is 3.36. The summed E-state index contributed by atoms with van der Waals surface area (Å²) in [5.74, 6) is 0. The van der Waals surface area contributed by atoms with Gasteiger partial charge in [-0.05, 0) is 31.0 Å². The van der Waals surface area contributed by atoms with Crippen molar-refractivity contribution in [1.82, 2.24) is 4.98 Å². The summed E-state index contributed by atoms with van der Waals surface area (Å²) in [5, 5.41) is 8.99. The molecule has 0 saturated heterocycles. The molecule has 0 fully saturated rings. The number of aliphatic hydroxyl groups is 1. The Labute approximate surface area is 60.5 Å². The van der Waals surface area contributed by atoms with Crippen LogP contribution in [0.4, 0.5) is 0 Å². The van der Waals surface area contributed by atoms with Crippen molar-refractivity contribution in [2.75, 3.05) is 0 Å². The highest BCUT2D eigenvalue weighted by Gasteiger charge is 1.95. The first kappa shape index (κ1) is 7.22.